The molecule has 0 saturated carbocycles. The van der Waals surface area contributed by atoms with Crippen LogP contribution < -0.4 is 0 Å². The molecule has 0 aliphatic heterocycles. The molecule has 0 aromatic carbocycles. The van der Waals surface area contributed by atoms with E-state index in [0.717, 1.165) is 19.3 Å². The first-order chi connectivity index (χ1) is 11.3. The van der Waals surface area contributed by atoms with Crippen molar-refractivity contribution in [2.75, 3.05) is 13.2 Å². The van der Waals surface area contributed by atoms with Crippen LogP contribution in [0.5, 0.6) is 0 Å². The lowest BCUT2D eigenvalue weighted by Crippen LogP contribution is -2.22. The zero-order chi connectivity index (χ0) is 17.2. The Kier molecular flexibility index (Phi) is 17.3. The Morgan fingerprint density at radius 2 is 1.13 bits per heavy atom. The molecule has 0 spiro atoms. The van der Waals surface area contributed by atoms with Crippen molar-refractivity contribution in [3.05, 3.63) is 0 Å². The number of rotatable bonds is 17. The molecule has 3 nitrogen and oxygen atoms in total. The molecule has 0 bridgehead atoms. The highest BCUT2D eigenvalue weighted by Gasteiger charge is 2.19. The highest BCUT2D eigenvalue weighted by atomic mass is 16.3. The lowest BCUT2D eigenvalue weighted by Gasteiger charge is -2.24. The molecule has 0 amide bonds. The highest BCUT2D eigenvalue weighted by Crippen LogP contribution is 2.24. The summed E-state index contributed by atoms with van der Waals surface area (Å²) in [5.41, 5.74) is 0. The van der Waals surface area contributed by atoms with Crippen molar-refractivity contribution in [3.63, 3.8) is 0 Å². The molecule has 23 heavy (non-hydrogen) atoms. The van der Waals surface area contributed by atoms with Crippen molar-refractivity contribution in [1.29, 1.82) is 5.26 Å². The van der Waals surface area contributed by atoms with E-state index in [2.05, 4.69) is 13.0 Å². The van der Waals surface area contributed by atoms with Crippen LogP contribution in [0, 0.1) is 23.2 Å². The minimum atomic E-state index is 0.218. The molecule has 0 saturated heterocycles. The van der Waals surface area contributed by atoms with Gasteiger partial charge in [0.25, 0.3) is 0 Å². The van der Waals surface area contributed by atoms with Crippen molar-refractivity contribution < 1.29 is 10.2 Å². The van der Waals surface area contributed by atoms with Crippen LogP contribution in [0.1, 0.15) is 96.8 Å². The van der Waals surface area contributed by atoms with Crippen LogP contribution in [0.15, 0.2) is 0 Å². The molecular weight excluding hydrogens is 286 g/mol. The van der Waals surface area contributed by atoms with E-state index < -0.39 is 0 Å². The summed E-state index contributed by atoms with van der Waals surface area (Å²) in [5.74, 6) is 0.564. The molecule has 3 heteroatoms. The Balaban J connectivity index is 3.60. The Hall–Kier alpha value is -0.590. The maximum atomic E-state index is 9.59. The Morgan fingerprint density at radius 3 is 1.57 bits per heavy atom. The van der Waals surface area contributed by atoms with Gasteiger partial charge in [-0.1, -0.05) is 71.1 Å². The monoisotopic (exact) mass is 325 g/mol. The normalized spacial score (nSPS) is 13.7. The third-order valence-corrected chi connectivity index (χ3v) is 4.93. The third kappa shape index (κ3) is 13.5. The summed E-state index contributed by atoms with van der Waals surface area (Å²) in [6, 6.07) is 2.19. The number of unbranched alkanes of at least 4 members (excludes halogenated alkanes) is 10. The highest BCUT2D eigenvalue weighted by molar-refractivity contribution is 4.70. The van der Waals surface area contributed by atoms with Gasteiger partial charge in [-0.15, -0.1) is 0 Å². The molecule has 2 atom stereocenters. The van der Waals surface area contributed by atoms with Gasteiger partial charge in [0, 0.05) is 19.6 Å². The second-order valence-corrected chi connectivity index (χ2v) is 6.91. The van der Waals surface area contributed by atoms with Gasteiger partial charge in [0.1, 0.15) is 0 Å². The predicted molar refractivity (Wildman–Crippen MR) is 97.1 cm³/mol. The summed E-state index contributed by atoms with van der Waals surface area (Å²) in [6.07, 6.45) is 16.2. The zero-order valence-electron chi connectivity index (χ0n) is 15.3. The lowest BCUT2D eigenvalue weighted by atomic mass is 9.85. The number of aliphatic hydroxyl groups excluding tert-OH is 2. The standard InChI is InChI=1S/C20H39NO2/c1-2-3-11-14-19(17-22)20(18-23)15-12-9-7-5-4-6-8-10-13-16-21/h19-20,22-23H,2-15,17-18H2,1H3. The van der Waals surface area contributed by atoms with E-state index in [0.29, 0.717) is 6.42 Å². The fourth-order valence-corrected chi connectivity index (χ4v) is 3.28. The summed E-state index contributed by atoms with van der Waals surface area (Å²) in [5, 5.41) is 27.6. The average molecular weight is 326 g/mol. The van der Waals surface area contributed by atoms with E-state index in [4.69, 9.17) is 5.26 Å². The van der Waals surface area contributed by atoms with Gasteiger partial charge < -0.3 is 10.2 Å². The van der Waals surface area contributed by atoms with Crippen molar-refractivity contribution in [1.82, 2.24) is 0 Å². The first-order valence-corrected chi connectivity index (χ1v) is 9.88. The molecule has 0 aromatic rings. The Morgan fingerprint density at radius 1 is 0.696 bits per heavy atom. The summed E-state index contributed by atoms with van der Waals surface area (Å²) >= 11 is 0. The fourth-order valence-electron chi connectivity index (χ4n) is 3.28. The first kappa shape index (κ1) is 22.4. The van der Waals surface area contributed by atoms with Gasteiger partial charge in [0.15, 0.2) is 0 Å². The van der Waals surface area contributed by atoms with E-state index in [1.54, 1.807) is 0 Å². The van der Waals surface area contributed by atoms with Gasteiger partial charge in [0.2, 0.25) is 0 Å². The van der Waals surface area contributed by atoms with Crippen LogP contribution in [0.4, 0.5) is 0 Å². The summed E-state index contributed by atoms with van der Waals surface area (Å²) in [4.78, 5) is 0. The van der Waals surface area contributed by atoms with Crippen molar-refractivity contribution in [3.8, 4) is 6.07 Å². The van der Waals surface area contributed by atoms with Gasteiger partial charge in [-0.05, 0) is 31.1 Å². The van der Waals surface area contributed by atoms with Crippen LogP contribution in [0.25, 0.3) is 0 Å². The quantitative estimate of drug-likeness (QED) is 0.361. The van der Waals surface area contributed by atoms with Crippen LogP contribution >= 0.6 is 0 Å². The second kappa shape index (κ2) is 17.8. The molecule has 0 aromatic heterocycles. The fraction of sp³-hybridized carbons (Fsp3) is 0.950. The van der Waals surface area contributed by atoms with E-state index in [1.165, 1.54) is 64.2 Å². The smallest absolute Gasteiger partial charge is 0.0621 e. The maximum absolute atomic E-state index is 9.59. The predicted octanol–water partition coefficient (Wildman–Crippen LogP) is 5.21. The van der Waals surface area contributed by atoms with Gasteiger partial charge in [0.05, 0.1) is 6.07 Å². The van der Waals surface area contributed by atoms with Crippen molar-refractivity contribution in [2.45, 2.75) is 96.8 Å². The largest absolute Gasteiger partial charge is 0.396 e. The van der Waals surface area contributed by atoms with Gasteiger partial charge in [-0.2, -0.15) is 5.26 Å². The van der Waals surface area contributed by atoms with Gasteiger partial charge in [-0.3, -0.25) is 0 Å². The second-order valence-electron chi connectivity index (χ2n) is 6.91. The number of nitrogens with zero attached hydrogens (tertiary/aromatic N) is 1. The summed E-state index contributed by atoms with van der Waals surface area (Å²) in [7, 11) is 0. The van der Waals surface area contributed by atoms with Crippen LogP contribution in [-0.4, -0.2) is 23.4 Å². The van der Waals surface area contributed by atoms with Crippen molar-refractivity contribution in [2.24, 2.45) is 11.8 Å². The number of hydrogen-bond donors (Lipinski definition) is 2. The molecule has 0 aliphatic rings. The molecule has 0 heterocycles. The van der Waals surface area contributed by atoms with Crippen LogP contribution in [0.2, 0.25) is 0 Å². The van der Waals surface area contributed by atoms with Crippen LogP contribution in [-0.2, 0) is 0 Å². The summed E-state index contributed by atoms with van der Waals surface area (Å²) < 4.78 is 0. The van der Waals surface area contributed by atoms with Gasteiger partial charge >= 0.3 is 0 Å². The molecule has 2 unspecified atom stereocenters. The zero-order valence-corrected chi connectivity index (χ0v) is 15.3. The minimum absolute atomic E-state index is 0.218. The molecule has 0 fully saturated rings. The van der Waals surface area contributed by atoms with E-state index in [1.807, 2.05) is 0 Å². The molecule has 0 rings (SSSR count). The lowest BCUT2D eigenvalue weighted by molar-refractivity contribution is 0.104. The third-order valence-electron chi connectivity index (χ3n) is 4.93. The maximum Gasteiger partial charge on any atom is 0.0621 e. The Labute approximate surface area is 144 Å². The Bertz CT molecular complexity index is 275. The topological polar surface area (TPSA) is 64.2 Å². The van der Waals surface area contributed by atoms with E-state index in [9.17, 15) is 10.2 Å². The average Bonchev–Trinajstić information content (AvgIpc) is 2.57. The van der Waals surface area contributed by atoms with E-state index in [-0.39, 0.29) is 25.0 Å². The summed E-state index contributed by atoms with van der Waals surface area (Å²) in [6.45, 7) is 2.63. The number of hydrogen-bond acceptors (Lipinski definition) is 3. The first-order valence-electron chi connectivity index (χ1n) is 9.88. The van der Waals surface area contributed by atoms with Crippen molar-refractivity contribution >= 4 is 0 Å². The number of aliphatic hydroxyl groups is 2. The SMILES string of the molecule is CCCCCC(CO)C(CO)CCCCCCCCCCC#N. The minimum Gasteiger partial charge on any atom is -0.396 e. The van der Waals surface area contributed by atoms with Gasteiger partial charge in [-0.25, -0.2) is 0 Å². The van der Waals surface area contributed by atoms with Crippen LogP contribution in [0.3, 0.4) is 0 Å². The molecule has 0 aliphatic carbocycles. The molecule has 0 radical (unpaired) electrons. The molecule has 2 N–H and O–H groups in total. The van der Waals surface area contributed by atoms with E-state index >= 15 is 0 Å². The number of nitriles is 1. The molecular formula is C20H39NO2. The molecule has 136 valence electrons.